The monoisotopic (exact) mass is 375 g/mol. The van der Waals surface area contributed by atoms with Crippen LogP contribution in [0.4, 0.5) is 13.2 Å². The van der Waals surface area contributed by atoms with Crippen LogP contribution in [-0.4, -0.2) is 17.4 Å². The molecule has 0 aliphatic rings. The maximum absolute atomic E-state index is 12.8. The minimum Gasteiger partial charge on any atom is -0.335 e. The molecule has 0 bridgehead atoms. The van der Waals surface area contributed by atoms with E-state index in [0.29, 0.717) is 27.7 Å². The van der Waals surface area contributed by atoms with Gasteiger partial charge in [0.1, 0.15) is 0 Å². The number of alkyl halides is 3. The van der Waals surface area contributed by atoms with Gasteiger partial charge in [-0.3, -0.25) is 4.79 Å². The first-order chi connectivity index (χ1) is 11.2. The minimum absolute atomic E-state index is 0.0589. The Morgan fingerprint density at radius 2 is 1.71 bits per heavy atom. The quantitative estimate of drug-likeness (QED) is 0.673. The van der Waals surface area contributed by atoms with Crippen molar-refractivity contribution in [1.29, 1.82) is 0 Å². The number of nitrogens with zero attached hydrogens (tertiary/aromatic N) is 1. The lowest BCUT2D eigenvalue weighted by molar-refractivity contribution is -0.137. The molecular formula is C17H14Cl2F3NO. The van der Waals surface area contributed by atoms with Crippen LogP contribution >= 0.6 is 23.2 Å². The third-order valence-electron chi connectivity index (χ3n) is 3.41. The summed E-state index contributed by atoms with van der Waals surface area (Å²) in [5, 5.41) is 0.641. The van der Waals surface area contributed by atoms with Crippen LogP contribution in [0.3, 0.4) is 0 Å². The van der Waals surface area contributed by atoms with Gasteiger partial charge in [-0.05, 0) is 42.8 Å². The second kappa shape index (κ2) is 7.45. The maximum atomic E-state index is 12.8. The number of amides is 1. The number of rotatable bonds is 4. The summed E-state index contributed by atoms with van der Waals surface area (Å²) in [7, 11) is 0. The maximum Gasteiger partial charge on any atom is 0.416 e. The zero-order valence-electron chi connectivity index (χ0n) is 12.7. The molecule has 128 valence electrons. The van der Waals surface area contributed by atoms with Gasteiger partial charge >= 0.3 is 6.18 Å². The Morgan fingerprint density at radius 1 is 1.08 bits per heavy atom. The van der Waals surface area contributed by atoms with Crippen LogP contribution in [0, 0.1) is 0 Å². The fraction of sp³-hybridized carbons (Fsp3) is 0.235. The molecule has 0 saturated carbocycles. The summed E-state index contributed by atoms with van der Waals surface area (Å²) in [5.41, 5.74) is -0.0521. The summed E-state index contributed by atoms with van der Waals surface area (Å²) in [6.07, 6.45) is -4.42. The van der Waals surface area contributed by atoms with Gasteiger partial charge in [-0.15, -0.1) is 0 Å². The number of hydrogen-bond acceptors (Lipinski definition) is 1. The lowest BCUT2D eigenvalue weighted by Gasteiger charge is -2.22. The highest BCUT2D eigenvalue weighted by Crippen LogP contribution is 2.30. The van der Waals surface area contributed by atoms with Crippen molar-refractivity contribution in [3.05, 3.63) is 69.2 Å². The Labute approximate surface area is 147 Å². The molecule has 0 spiro atoms. The third kappa shape index (κ3) is 4.65. The molecule has 2 aromatic carbocycles. The standard InChI is InChI=1S/C17H14Cl2F3NO/c1-2-23(16(24)12-7-14(18)9-15(19)8-12)10-11-4-3-5-13(6-11)17(20,21)22/h3-9H,2,10H2,1H3. The van der Waals surface area contributed by atoms with E-state index in [1.807, 2.05) is 0 Å². The van der Waals surface area contributed by atoms with Crippen LogP contribution in [0.5, 0.6) is 0 Å². The van der Waals surface area contributed by atoms with Crippen molar-refractivity contribution in [2.75, 3.05) is 6.54 Å². The summed E-state index contributed by atoms with van der Waals surface area (Å²) in [6.45, 7) is 2.14. The lowest BCUT2D eigenvalue weighted by atomic mass is 10.1. The second-order valence-corrected chi connectivity index (χ2v) is 6.05. The number of carbonyl (C=O) groups excluding carboxylic acids is 1. The summed E-state index contributed by atoms with van der Waals surface area (Å²) in [6, 6.07) is 9.38. The van der Waals surface area contributed by atoms with Crippen LogP contribution in [0.15, 0.2) is 42.5 Å². The molecule has 0 heterocycles. The average molecular weight is 376 g/mol. The molecule has 0 N–H and O–H groups in total. The van der Waals surface area contributed by atoms with Crippen molar-refractivity contribution >= 4 is 29.1 Å². The largest absolute Gasteiger partial charge is 0.416 e. The minimum atomic E-state index is -4.42. The van der Waals surface area contributed by atoms with Crippen molar-refractivity contribution in [3.8, 4) is 0 Å². The van der Waals surface area contributed by atoms with Crippen LogP contribution in [0.25, 0.3) is 0 Å². The van der Waals surface area contributed by atoms with Gasteiger partial charge in [-0.1, -0.05) is 35.3 Å². The van der Waals surface area contributed by atoms with Crippen molar-refractivity contribution in [2.45, 2.75) is 19.6 Å². The summed E-state index contributed by atoms with van der Waals surface area (Å²) < 4.78 is 38.4. The first-order valence-corrected chi connectivity index (χ1v) is 7.88. The van der Waals surface area contributed by atoms with E-state index in [1.54, 1.807) is 13.0 Å². The van der Waals surface area contributed by atoms with E-state index in [4.69, 9.17) is 23.2 Å². The first-order valence-electron chi connectivity index (χ1n) is 7.12. The molecule has 0 aliphatic heterocycles. The number of halogens is 5. The van der Waals surface area contributed by atoms with E-state index in [0.717, 1.165) is 12.1 Å². The third-order valence-corrected chi connectivity index (χ3v) is 3.84. The fourth-order valence-electron chi connectivity index (χ4n) is 2.25. The SMILES string of the molecule is CCN(Cc1cccc(C(F)(F)F)c1)C(=O)c1cc(Cl)cc(Cl)c1. The van der Waals surface area contributed by atoms with Gasteiger partial charge in [0.15, 0.2) is 0 Å². The average Bonchev–Trinajstić information content (AvgIpc) is 2.50. The Morgan fingerprint density at radius 3 is 2.25 bits per heavy atom. The highest BCUT2D eigenvalue weighted by molar-refractivity contribution is 6.35. The van der Waals surface area contributed by atoms with Crippen LogP contribution in [0.2, 0.25) is 10.0 Å². The van der Waals surface area contributed by atoms with E-state index in [-0.39, 0.29) is 12.5 Å². The zero-order chi connectivity index (χ0) is 17.9. The Bertz CT molecular complexity index is 727. The second-order valence-electron chi connectivity index (χ2n) is 5.18. The van der Waals surface area contributed by atoms with Crippen LogP contribution < -0.4 is 0 Å². The molecule has 1 amide bonds. The molecule has 2 nitrogen and oxygen atoms in total. The lowest BCUT2D eigenvalue weighted by Crippen LogP contribution is -2.30. The molecule has 2 rings (SSSR count). The number of benzene rings is 2. The smallest absolute Gasteiger partial charge is 0.335 e. The molecule has 0 saturated heterocycles. The van der Waals surface area contributed by atoms with E-state index in [2.05, 4.69) is 0 Å². The predicted octanol–water partition coefficient (Wildman–Crippen LogP) is 5.67. The summed E-state index contributed by atoms with van der Waals surface area (Å²) >= 11 is 11.8. The van der Waals surface area contributed by atoms with E-state index >= 15 is 0 Å². The summed E-state index contributed by atoms with van der Waals surface area (Å²) in [4.78, 5) is 14.0. The van der Waals surface area contributed by atoms with E-state index < -0.39 is 11.7 Å². The Kier molecular flexibility index (Phi) is 5.78. The van der Waals surface area contributed by atoms with Crippen molar-refractivity contribution in [2.24, 2.45) is 0 Å². The van der Waals surface area contributed by atoms with Gasteiger partial charge < -0.3 is 4.90 Å². The van der Waals surface area contributed by atoms with Crippen LogP contribution in [-0.2, 0) is 12.7 Å². The van der Waals surface area contributed by atoms with Crippen LogP contribution in [0.1, 0.15) is 28.4 Å². The molecule has 24 heavy (non-hydrogen) atoms. The molecule has 0 atom stereocenters. The van der Waals surface area contributed by atoms with Crippen molar-refractivity contribution < 1.29 is 18.0 Å². The van der Waals surface area contributed by atoms with Gasteiger partial charge in [0, 0.05) is 28.7 Å². The van der Waals surface area contributed by atoms with Gasteiger partial charge in [-0.2, -0.15) is 13.2 Å². The Balaban J connectivity index is 2.24. The molecular weight excluding hydrogens is 362 g/mol. The highest BCUT2D eigenvalue weighted by atomic mass is 35.5. The van der Waals surface area contributed by atoms with Gasteiger partial charge in [0.05, 0.1) is 5.56 Å². The van der Waals surface area contributed by atoms with E-state index in [1.165, 1.54) is 29.2 Å². The van der Waals surface area contributed by atoms with Crippen molar-refractivity contribution in [1.82, 2.24) is 4.90 Å². The van der Waals surface area contributed by atoms with Gasteiger partial charge in [0.25, 0.3) is 5.91 Å². The first kappa shape index (κ1) is 18.6. The Hall–Kier alpha value is -1.72. The predicted molar refractivity (Wildman–Crippen MR) is 88.3 cm³/mol. The van der Waals surface area contributed by atoms with Crippen molar-refractivity contribution in [3.63, 3.8) is 0 Å². The van der Waals surface area contributed by atoms with E-state index in [9.17, 15) is 18.0 Å². The molecule has 0 aromatic heterocycles. The number of hydrogen-bond donors (Lipinski definition) is 0. The molecule has 2 aromatic rings. The molecule has 0 unspecified atom stereocenters. The zero-order valence-corrected chi connectivity index (χ0v) is 14.2. The molecule has 7 heteroatoms. The molecule has 0 radical (unpaired) electrons. The fourth-order valence-corrected chi connectivity index (χ4v) is 2.78. The number of carbonyl (C=O) groups is 1. The summed E-state index contributed by atoms with van der Waals surface area (Å²) in [5.74, 6) is -0.348. The molecule has 0 fully saturated rings. The normalized spacial score (nSPS) is 11.4. The van der Waals surface area contributed by atoms with Gasteiger partial charge in [0.2, 0.25) is 0 Å². The molecule has 0 aliphatic carbocycles. The highest BCUT2D eigenvalue weighted by Gasteiger charge is 2.30. The van der Waals surface area contributed by atoms with Gasteiger partial charge in [-0.25, -0.2) is 0 Å². The topological polar surface area (TPSA) is 20.3 Å².